The van der Waals surface area contributed by atoms with Crippen LogP contribution in [0.15, 0.2) is 24.3 Å². The minimum Gasteiger partial charge on any atom is -0.388 e. The molecule has 0 saturated carbocycles. The van der Waals surface area contributed by atoms with Gasteiger partial charge in [-0.1, -0.05) is 12.1 Å². The number of aliphatic hydroxyl groups is 2. The molecule has 3 amide bonds. The lowest BCUT2D eigenvalue weighted by molar-refractivity contribution is 0.0572. The molecule has 1 aromatic carbocycles. The number of nitrogens with one attached hydrogen (secondary N) is 1. The standard InChI is InChI=1S/C13H17N3O4/c14-13(20)15-5-8-1-3-9(4-2-8)12(19)16-6-10(17)11(18)7-16/h1-4,10-11,17-18H,5-7H2,(H3,14,15,20). The molecular formula is C13H17N3O4. The zero-order valence-electron chi connectivity index (χ0n) is 10.8. The first-order valence-electron chi connectivity index (χ1n) is 6.25. The third-order valence-corrected chi connectivity index (χ3v) is 3.21. The first kappa shape index (κ1) is 14.3. The van der Waals surface area contributed by atoms with E-state index in [0.29, 0.717) is 12.1 Å². The van der Waals surface area contributed by atoms with Crippen LogP contribution in [0.1, 0.15) is 15.9 Å². The normalized spacial score (nSPS) is 21.8. The topological polar surface area (TPSA) is 116 Å². The number of likely N-dealkylation sites (tertiary alicyclic amines) is 1. The lowest BCUT2D eigenvalue weighted by Gasteiger charge is -2.15. The minimum atomic E-state index is -0.891. The number of hydrogen-bond acceptors (Lipinski definition) is 4. The summed E-state index contributed by atoms with van der Waals surface area (Å²) >= 11 is 0. The number of β-amino-alcohol motifs (C(OH)–C–C–N with tert-alkyl or cyclic N) is 2. The highest BCUT2D eigenvalue weighted by Gasteiger charge is 2.32. The Morgan fingerprint density at radius 3 is 2.25 bits per heavy atom. The summed E-state index contributed by atoms with van der Waals surface area (Å²) in [6, 6.07) is 6.10. The maximum Gasteiger partial charge on any atom is 0.312 e. The Labute approximate surface area is 116 Å². The van der Waals surface area contributed by atoms with E-state index in [1.54, 1.807) is 24.3 Å². The highest BCUT2D eigenvalue weighted by atomic mass is 16.3. The summed E-state index contributed by atoms with van der Waals surface area (Å²) < 4.78 is 0. The van der Waals surface area contributed by atoms with Crippen molar-refractivity contribution in [2.24, 2.45) is 5.73 Å². The molecule has 0 bridgehead atoms. The summed E-state index contributed by atoms with van der Waals surface area (Å²) in [5.74, 6) is -0.241. The number of aliphatic hydroxyl groups excluding tert-OH is 2. The van der Waals surface area contributed by atoms with Crippen molar-refractivity contribution in [2.75, 3.05) is 13.1 Å². The van der Waals surface area contributed by atoms with Gasteiger partial charge in [0.15, 0.2) is 0 Å². The largest absolute Gasteiger partial charge is 0.388 e. The molecule has 2 unspecified atom stereocenters. The van der Waals surface area contributed by atoms with E-state index in [2.05, 4.69) is 5.32 Å². The van der Waals surface area contributed by atoms with Gasteiger partial charge in [-0.25, -0.2) is 4.79 Å². The van der Waals surface area contributed by atoms with E-state index in [-0.39, 0.29) is 19.0 Å². The molecule has 0 spiro atoms. The van der Waals surface area contributed by atoms with Crippen LogP contribution in [0, 0.1) is 0 Å². The van der Waals surface area contributed by atoms with Crippen LogP contribution >= 0.6 is 0 Å². The fraction of sp³-hybridized carbons (Fsp3) is 0.385. The van der Waals surface area contributed by atoms with Gasteiger partial charge in [-0.2, -0.15) is 0 Å². The second-order valence-corrected chi connectivity index (χ2v) is 4.76. The number of urea groups is 1. The van der Waals surface area contributed by atoms with Gasteiger partial charge in [0.2, 0.25) is 0 Å². The highest BCUT2D eigenvalue weighted by Crippen LogP contribution is 2.14. The first-order chi connectivity index (χ1) is 9.47. The molecule has 7 nitrogen and oxygen atoms in total. The van der Waals surface area contributed by atoms with Crippen LogP contribution in [0.2, 0.25) is 0 Å². The molecule has 1 aromatic rings. The Kier molecular flexibility index (Phi) is 4.21. The van der Waals surface area contributed by atoms with E-state index in [0.717, 1.165) is 5.56 Å². The summed E-state index contributed by atoms with van der Waals surface area (Å²) in [5, 5.41) is 21.3. The van der Waals surface area contributed by atoms with E-state index in [9.17, 15) is 19.8 Å². The molecule has 1 fully saturated rings. The monoisotopic (exact) mass is 279 g/mol. The number of nitrogens with two attached hydrogens (primary N) is 1. The van der Waals surface area contributed by atoms with Gasteiger partial charge in [-0.3, -0.25) is 4.79 Å². The maximum absolute atomic E-state index is 12.1. The predicted octanol–water partition coefficient (Wildman–Crippen LogP) is -0.968. The molecule has 2 rings (SSSR count). The summed E-state index contributed by atoms with van der Waals surface area (Å²) in [6.45, 7) is 0.556. The van der Waals surface area contributed by atoms with E-state index >= 15 is 0 Å². The van der Waals surface area contributed by atoms with Crippen molar-refractivity contribution in [3.63, 3.8) is 0 Å². The molecule has 0 aliphatic carbocycles. The summed E-state index contributed by atoms with van der Waals surface area (Å²) in [5.41, 5.74) is 6.26. The molecule has 108 valence electrons. The van der Waals surface area contributed by atoms with Crippen molar-refractivity contribution in [1.29, 1.82) is 0 Å². The van der Waals surface area contributed by atoms with Crippen molar-refractivity contribution in [3.05, 3.63) is 35.4 Å². The van der Waals surface area contributed by atoms with Gasteiger partial charge in [-0.05, 0) is 17.7 Å². The van der Waals surface area contributed by atoms with Gasteiger partial charge >= 0.3 is 6.03 Å². The molecule has 1 aliphatic heterocycles. The Bertz CT molecular complexity index is 493. The van der Waals surface area contributed by atoms with E-state index in [1.807, 2.05) is 0 Å². The lowest BCUT2D eigenvalue weighted by atomic mass is 10.1. The Morgan fingerprint density at radius 2 is 1.75 bits per heavy atom. The zero-order chi connectivity index (χ0) is 14.7. The van der Waals surface area contributed by atoms with Crippen molar-refractivity contribution >= 4 is 11.9 Å². The third kappa shape index (κ3) is 3.25. The number of rotatable bonds is 3. The van der Waals surface area contributed by atoms with Crippen LogP contribution in [-0.2, 0) is 6.54 Å². The molecule has 0 aromatic heterocycles. The van der Waals surface area contributed by atoms with E-state index in [1.165, 1.54) is 4.90 Å². The van der Waals surface area contributed by atoms with Crippen molar-refractivity contribution in [1.82, 2.24) is 10.2 Å². The van der Waals surface area contributed by atoms with Crippen LogP contribution in [0.25, 0.3) is 0 Å². The Balaban J connectivity index is 1.99. The number of primary amides is 1. The fourth-order valence-corrected chi connectivity index (χ4v) is 2.07. The molecule has 0 radical (unpaired) electrons. The van der Waals surface area contributed by atoms with Crippen molar-refractivity contribution < 1.29 is 19.8 Å². The SMILES string of the molecule is NC(=O)NCc1ccc(C(=O)N2CC(O)C(O)C2)cc1. The number of amides is 3. The van der Waals surface area contributed by atoms with Crippen LogP contribution in [0.5, 0.6) is 0 Å². The maximum atomic E-state index is 12.1. The fourth-order valence-electron chi connectivity index (χ4n) is 2.07. The molecular weight excluding hydrogens is 262 g/mol. The Hall–Kier alpha value is -2.12. The second kappa shape index (κ2) is 5.89. The molecule has 20 heavy (non-hydrogen) atoms. The van der Waals surface area contributed by atoms with Gasteiger partial charge in [0, 0.05) is 25.2 Å². The van der Waals surface area contributed by atoms with Gasteiger partial charge in [0.05, 0.1) is 12.2 Å². The average Bonchev–Trinajstić information content (AvgIpc) is 2.76. The predicted molar refractivity (Wildman–Crippen MR) is 70.8 cm³/mol. The van der Waals surface area contributed by atoms with Gasteiger partial charge in [-0.15, -0.1) is 0 Å². The van der Waals surface area contributed by atoms with Crippen molar-refractivity contribution in [3.8, 4) is 0 Å². The number of carbonyl (C=O) groups excluding carboxylic acids is 2. The van der Waals surface area contributed by atoms with Gasteiger partial charge in [0.1, 0.15) is 0 Å². The van der Waals surface area contributed by atoms with Gasteiger partial charge < -0.3 is 26.2 Å². The van der Waals surface area contributed by atoms with Crippen LogP contribution in [0.4, 0.5) is 4.79 Å². The molecule has 5 N–H and O–H groups in total. The first-order valence-corrected chi connectivity index (χ1v) is 6.25. The summed E-state index contributed by atoms with van der Waals surface area (Å²) in [6.07, 6.45) is -1.78. The smallest absolute Gasteiger partial charge is 0.312 e. The number of benzene rings is 1. The highest BCUT2D eigenvalue weighted by molar-refractivity contribution is 5.94. The number of nitrogens with zero attached hydrogens (tertiary/aromatic N) is 1. The Morgan fingerprint density at radius 1 is 1.20 bits per heavy atom. The quantitative estimate of drug-likeness (QED) is 0.570. The number of hydrogen-bond donors (Lipinski definition) is 4. The summed E-state index contributed by atoms with van der Waals surface area (Å²) in [4.78, 5) is 24.1. The average molecular weight is 279 g/mol. The molecule has 7 heteroatoms. The van der Waals surface area contributed by atoms with E-state index in [4.69, 9.17) is 5.73 Å². The van der Waals surface area contributed by atoms with Crippen LogP contribution < -0.4 is 11.1 Å². The molecule has 2 atom stereocenters. The minimum absolute atomic E-state index is 0.130. The second-order valence-electron chi connectivity index (χ2n) is 4.76. The number of carbonyl (C=O) groups is 2. The van der Waals surface area contributed by atoms with E-state index < -0.39 is 18.2 Å². The summed E-state index contributed by atoms with van der Waals surface area (Å²) in [7, 11) is 0. The zero-order valence-corrected chi connectivity index (χ0v) is 10.8. The van der Waals surface area contributed by atoms with Crippen LogP contribution in [-0.4, -0.2) is 52.3 Å². The molecule has 1 saturated heterocycles. The van der Waals surface area contributed by atoms with Gasteiger partial charge in [0.25, 0.3) is 5.91 Å². The third-order valence-electron chi connectivity index (χ3n) is 3.21. The molecule has 1 aliphatic rings. The lowest BCUT2D eigenvalue weighted by Crippen LogP contribution is -2.30. The molecule has 1 heterocycles. The van der Waals surface area contributed by atoms with Crippen molar-refractivity contribution in [2.45, 2.75) is 18.8 Å². The van der Waals surface area contributed by atoms with Crippen LogP contribution in [0.3, 0.4) is 0 Å².